The number of hydroxylamine groups is 2. The van der Waals surface area contributed by atoms with Crippen molar-refractivity contribution in [3.8, 4) is 0 Å². The van der Waals surface area contributed by atoms with Gasteiger partial charge in [-0.15, -0.1) is 5.06 Å². The van der Waals surface area contributed by atoms with Gasteiger partial charge in [0.15, 0.2) is 5.78 Å². The highest BCUT2D eigenvalue weighted by Crippen LogP contribution is 2.17. The molecule has 2 rings (SSSR count). The molecular weight excluding hydrogens is 334 g/mol. The van der Waals surface area contributed by atoms with Crippen LogP contribution in [-0.2, 0) is 14.4 Å². The molecule has 0 aliphatic carbocycles. The number of ketones is 2. The molecule has 1 atom stereocenters. The first-order valence-electron chi connectivity index (χ1n) is 8.01. The van der Waals surface area contributed by atoms with Gasteiger partial charge < -0.3 is 9.94 Å². The van der Waals surface area contributed by atoms with E-state index < -0.39 is 12.1 Å². The van der Waals surface area contributed by atoms with Gasteiger partial charge in [0.1, 0.15) is 18.3 Å². The van der Waals surface area contributed by atoms with Gasteiger partial charge in [0.25, 0.3) is 0 Å². The number of rotatable bonds is 6. The topological polar surface area (TPSA) is 83.9 Å². The standard InChI is InChI=1S/C14H12O2.C6H11NO3/c15-13(11-7-3-1-4-8-11)14(16)12-9-5-2-6-10-12;1-5(8)4-6(9)10-7(2)3/h1-10,13,15H;4H2,1-3H3. The highest BCUT2D eigenvalue weighted by molar-refractivity contribution is 5.99. The first-order valence-corrected chi connectivity index (χ1v) is 8.01. The third kappa shape index (κ3) is 7.83. The van der Waals surface area contributed by atoms with Crippen LogP contribution in [0.4, 0.5) is 0 Å². The average molecular weight is 357 g/mol. The molecule has 0 fully saturated rings. The summed E-state index contributed by atoms with van der Waals surface area (Å²) in [7, 11) is 3.16. The number of carbonyl (C=O) groups excluding carboxylic acids is 3. The summed E-state index contributed by atoms with van der Waals surface area (Å²) in [5, 5.41) is 11.1. The number of aliphatic hydroxyl groups is 1. The lowest BCUT2D eigenvalue weighted by molar-refractivity contribution is -0.178. The molecule has 2 aromatic carbocycles. The van der Waals surface area contributed by atoms with Gasteiger partial charge in [-0.2, -0.15) is 0 Å². The van der Waals surface area contributed by atoms with Crippen molar-refractivity contribution >= 4 is 17.5 Å². The van der Waals surface area contributed by atoms with Crippen LogP contribution in [0.25, 0.3) is 0 Å². The molecule has 6 nitrogen and oxygen atoms in total. The van der Waals surface area contributed by atoms with Crippen molar-refractivity contribution in [3.05, 3.63) is 71.8 Å². The van der Waals surface area contributed by atoms with E-state index in [-0.39, 0.29) is 18.0 Å². The van der Waals surface area contributed by atoms with Gasteiger partial charge >= 0.3 is 5.97 Å². The van der Waals surface area contributed by atoms with Crippen molar-refractivity contribution in [1.82, 2.24) is 5.06 Å². The van der Waals surface area contributed by atoms with Crippen molar-refractivity contribution in [2.45, 2.75) is 19.4 Å². The molecule has 0 aliphatic heterocycles. The highest BCUT2D eigenvalue weighted by Gasteiger charge is 2.18. The van der Waals surface area contributed by atoms with Crippen LogP contribution < -0.4 is 0 Å². The van der Waals surface area contributed by atoms with Crippen LogP contribution >= 0.6 is 0 Å². The Morgan fingerprint density at radius 2 is 1.46 bits per heavy atom. The Bertz CT molecular complexity index is 713. The van der Waals surface area contributed by atoms with E-state index >= 15 is 0 Å². The predicted octanol–water partition coefficient (Wildman–Crippen LogP) is 2.59. The third-order valence-electron chi connectivity index (χ3n) is 3.10. The molecule has 0 spiro atoms. The molecule has 2 aromatic rings. The Morgan fingerprint density at radius 1 is 0.962 bits per heavy atom. The van der Waals surface area contributed by atoms with Gasteiger partial charge in [-0.25, -0.2) is 4.79 Å². The molecule has 0 aromatic heterocycles. The maximum atomic E-state index is 11.9. The molecule has 26 heavy (non-hydrogen) atoms. The van der Waals surface area contributed by atoms with Crippen LogP contribution in [0.15, 0.2) is 60.7 Å². The fourth-order valence-corrected chi connectivity index (χ4v) is 1.99. The molecule has 0 radical (unpaired) electrons. The number of nitrogens with zero attached hydrogens (tertiary/aromatic N) is 1. The molecule has 0 heterocycles. The zero-order valence-corrected chi connectivity index (χ0v) is 15.1. The fourth-order valence-electron chi connectivity index (χ4n) is 1.99. The summed E-state index contributed by atoms with van der Waals surface area (Å²) in [6.45, 7) is 1.34. The number of Topliss-reactive ketones (excluding diaryl/α,β-unsaturated/α-hetero) is 2. The summed E-state index contributed by atoms with van der Waals surface area (Å²) in [5.74, 6) is -0.976. The minimum absolute atomic E-state index is 0.155. The van der Waals surface area contributed by atoms with E-state index in [0.29, 0.717) is 11.1 Å². The first kappa shape index (κ1) is 21.2. The largest absolute Gasteiger partial charge is 0.380 e. The maximum absolute atomic E-state index is 11.9. The SMILES string of the molecule is CC(=O)CC(=O)ON(C)C.O=C(c1ccccc1)C(O)c1ccccc1. The van der Waals surface area contributed by atoms with E-state index in [4.69, 9.17) is 0 Å². The van der Waals surface area contributed by atoms with Gasteiger partial charge in [-0.05, 0) is 12.5 Å². The van der Waals surface area contributed by atoms with Gasteiger partial charge in [-0.1, -0.05) is 60.7 Å². The number of aliphatic hydroxyl groups excluding tert-OH is 1. The maximum Gasteiger partial charge on any atom is 0.332 e. The Kier molecular flexibility index (Phi) is 8.91. The second-order valence-electron chi connectivity index (χ2n) is 5.70. The number of hydrogen-bond donors (Lipinski definition) is 1. The second kappa shape index (κ2) is 10.9. The summed E-state index contributed by atoms with van der Waals surface area (Å²) < 4.78 is 0. The molecule has 138 valence electrons. The Balaban J connectivity index is 0.000000294. The van der Waals surface area contributed by atoms with E-state index in [1.54, 1.807) is 62.6 Å². The molecule has 0 saturated heterocycles. The van der Waals surface area contributed by atoms with Gasteiger partial charge in [0.05, 0.1) is 0 Å². The van der Waals surface area contributed by atoms with E-state index in [1.165, 1.54) is 12.0 Å². The normalized spacial score (nSPS) is 11.1. The molecule has 0 amide bonds. The van der Waals surface area contributed by atoms with Gasteiger partial charge in [-0.3, -0.25) is 9.59 Å². The minimum atomic E-state index is -1.08. The highest BCUT2D eigenvalue weighted by atomic mass is 16.7. The molecule has 0 aliphatic rings. The van der Waals surface area contributed by atoms with Gasteiger partial charge in [0.2, 0.25) is 0 Å². The third-order valence-corrected chi connectivity index (χ3v) is 3.10. The molecule has 0 bridgehead atoms. The quantitative estimate of drug-likeness (QED) is 0.486. The first-order chi connectivity index (χ1) is 12.3. The Hall–Kier alpha value is -2.83. The summed E-state index contributed by atoms with van der Waals surface area (Å²) in [6, 6.07) is 17.7. The molecule has 6 heteroatoms. The van der Waals surface area contributed by atoms with Crippen molar-refractivity contribution < 1.29 is 24.3 Å². The summed E-state index contributed by atoms with van der Waals surface area (Å²) >= 11 is 0. The van der Waals surface area contributed by atoms with E-state index in [9.17, 15) is 19.5 Å². The van der Waals surface area contributed by atoms with E-state index in [1.807, 2.05) is 12.1 Å². The summed E-state index contributed by atoms with van der Waals surface area (Å²) in [5.41, 5.74) is 1.15. The smallest absolute Gasteiger partial charge is 0.332 e. The van der Waals surface area contributed by atoms with Crippen LogP contribution in [-0.4, -0.2) is 41.8 Å². The number of benzene rings is 2. The predicted molar refractivity (Wildman–Crippen MR) is 97.3 cm³/mol. The number of hydrogen-bond acceptors (Lipinski definition) is 6. The zero-order chi connectivity index (χ0) is 19.5. The van der Waals surface area contributed by atoms with Crippen molar-refractivity contribution in [1.29, 1.82) is 0 Å². The molecular formula is C20H23NO5. The number of carbonyl (C=O) groups is 3. The van der Waals surface area contributed by atoms with Crippen molar-refractivity contribution in [2.75, 3.05) is 14.1 Å². The van der Waals surface area contributed by atoms with Gasteiger partial charge in [0, 0.05) is 19.7 Å². The molecule has 0 saturated carbocycles. The fraction of sp³-hybridized carbons (Fsp3) is 0.250. The minimum Gasteiger partial charge on any atom is -0.380 e. The Morgan fingerprint density at radius 3 is 1.92 bits per heavy atom. The molecule has 1 unspecified atom stereocenters. The average Bonchev–Trinajstić information content (AvgIpc) is 2.61. The van der Waals surface area contributed by atoms with E-state index in [0.717, 1.165) is 0 Å². The van der Waals surface area contributed by atoms with Crippen LogP contribution in [0.1, 0.15) is 35.4 Å². The molecule has 1 N–H and O–H groups in total. The Labute approximate surface area is 153 Å². The van der Waals surface area contributed by atoms with Crippen molar-refractivity contribution in [3.63, 3.8) is 0 Å². The van der Waals surface area contributed by atoms with Crippen LogP contribution in [0.2, 0.25) is 0 Å². The summed E-state index contributed by atoms with van der Waals surface area (Å²) in [4.78, 5) is 37.3. The lowest BCUT2D eigenvalue weighted by Gasteiger charge is -2.09. The van der Waals surface area contributed by atoms with E-state index in [2.05, 4.69) is 4.84 Å². The lowest BCUT2D eigenvalue weighted by Crippen LogP contribution is -2.19. The monoisotopic (exact) mass is 357 g/mol. The van der Waals surface area contributed by atoms with Crippen LogP contribution in [0.3, 0.4) is 0 Å². The van der Waals surface area contributed by atoms with Crippen LogP contribution in [0.5, 0.6) is 0 Å². The zero-order valence-electron chi connectivity index (χ0n) is 15.1. The van der Waals surface area contributed by atoms with Crippen LogP contribution in [0, 0.1) is 0 Å². The summed E-state index contributed by atoms with van der Waals surface area (Å²) in [6.07, 6.45) is -1.23. The van der Waals surface area contributed by atoms with Crippen molar-refractivity contribution in [2.24, 2.45) is 0 Å². The second-order valence-corrected chi connectivity index (χ2v) is 5.70. The lowest BCUT2D eigenvalue weighted by atomic mass is 10.0.